The first-order valence-electron chi connectivity index (χ1n) is 5.17. The van der Waals surface area contributed by atoms with Gasteiger partial charge in [-0.25, -0.2) is 0 Å². The summed E-state index contributed by atoms with van der Waals surface area (Å²) in [5.41, 5.74) is 6.61. The lowest BCUT2D eigenvalue weighted by molar-refractivity contribution is -0.274. The van der Waals surface area contributed by atoms with Crippen molar-refractivity contribution < 1.29 is 17.9 Å². The second kappa shape index (κ2) is 5.67. The van der Waals surface area contributed by atoms with Gasteiger partial charge >= 0.3 is 6.36 Å². The van der Waals surface area contributed by atoms with Crippen LogP contribution in [0.4, 0.5) is 13.2 Å². The van der Waals surface area contributed by atoms with E-state index in [9.17, 15) is 13.2 Å². The van der Waals surface area contributed by atoms with Crippen molar-refractivity contribution in [2.75, 3.05) is 0 Å². The normalized spacial score (nSPS) is 16.9. The van der Waals surface area contributed by atoms with Gasteiger partial charge in [0.2, 0.25) is 0 Å². The zero-order chi connectivity index (χ0) is 12.6. The molecule has 1 fully saturated rings. The molecule has 1 aliphatic carbocycles. The molecule has 1 aromatic rings. The number of hydrogen-bond donors (Lipinski definition) is 1. The predicted octanol–water partition coefficient (Wildman–Crippen LogP) is 4.18. The maximum Gasteiger partial charge on any atom is 0.573 e. The van der Waals surface area contributed by atoms with Crippen LogP contribution in [-0.4, -0.2) is 6.36 Å². The molecular weight excluding hydrogens is 334 g/mol. The second-order valence-electron chi connectivity index (χ2n) is 4.13. The maximum atomic E-state index is 12.1. The van der Waals surface area contributed by atoms with E-state index in [1.807, 2.05) is 0 Å². The van der Waals surface area contributed by atoms with Gasteiger partial charge in [0.25, 0.3) is 0 Å². The van der Waals surface area contributed by atoms with Crippen LogP contribution in [0, 0.1) is 5.92 Å². The lowest BCUT2D eigenvalue weighted by Crippen LogP contribution is -2.18. The molecule has 2 nitrogen and oxygen atoms in total. The summed E-state index contributed by atoms with van der Waals surface area (Å²) in [5, 5.41) is 0. The van der Waals surface area contributed by atoms with Crippen molar-refractivity contribution in [1.82, 2.24) is 0 Å². The van der Waals surface area contributed by atoms with Crippen molar-refractivity contribution >= 4 is 28.3 Å². The van der Waals surface area contributed by atoms with Crippen LogP contribution in [0.15, 0.2) is 22.7 Å². The summed E-state index contributed by atoms with van der Waals surface area (Å²) in [5.74, 6) is 0.140. The number of hydrogen-bond acceptors (Lipinski definition) is 2. The van der Waals surface area contributed by atoms with Crippen molar-refractivity contribution in [3.05, 3.63) is 28.2 Å². The molecule has 0 unspecified atom stereocenters. The zero-order valence-corrected chi connectivity index (χ0v) is 11.6. The minimum Gasteiger partial charge on any atom is -0.406 e. The largest absolute Gasteiger partial charge is 0.573 e. The molecule has 7 heteroatoms. The van der Waals surface area contributed by atoms with Gasteiger partial charge in [0.05, 0.1) is 0 Å². The van der Waals surface area contributed by atoms with Gasteiger partial charge in [-0.2, -0.15) is 0 Å². The molecule has 1 saturated carbocycles. The number of nitrogens with two attached hydrogens (primary N) is 1. The fraction of sp³-hybridized carbons (Fsp3) is 0.455. The topological polar surface area (TPSA) is 35.2 Å². The molecular formula is C11H12BrClF3NO. The molecule has 2 rings (SSSR count). The Hall–Kier alpha value is -0.460. The smallest absolute Gasteiger partial charge is 0.406 e. The van der Waals surface area contributed by atoms with Crippen LogP contribution >= 0.6 is 28.3 Å². The summed E-state index contributed by atoms with van der Waals surface area (Å²) in [4.78, 5) is 0. The highest BCUT2D eigenvalue weighted by molar-refractivity contribution is 9.10. The summed E-state index contributed by atoms with van der Waals surface area (Å²) < 4.78 is 40.7. The molecule has 1 aromatic carbocycles. The first-order valence-corrected chi connectivity index (χ1v) is 5.96. The highest BCUT2D eigenvalue weighted by Crippen LogP contribution is 2.41. The van der Waals surface area contributed by atoms with E-state index in [1.165, 1.54) is 12.1 Å². The van der Waals surface area contributed by atoms with Gasteiger partial charge < -0.3 is 10.5 Å². The molecule has 0 aliphatic heterocycles. The minimum atomic E-state index is -4.68. The fourth-order valence-electron chi connectivity index (χ4n) is 1.70. The Kier molecular flexibility index (Phi) is 4.91. The highest BCUT2D eigenvalue weighted by atomic mass is 79.9. The van der Waals surface area contributed by atoms with Crippen molar-refractivity contribution in [2.45, 2.75) is 25.2 Å². The van der Waals surface area contributed by atoms with Crippen LogP contribution in [0.2, 0.25) is 0 Å². The molecule has 1 aliphatic rings. The van der Waals surface area contributed by atoms with Gasteiger partial charge in [0.15, 0.2) is 0 Å². The van der Waals surface area contributed by atoms with Crippen LogP contribution in [0.3, 0.4) is 0 Å². The standard InChI is InChI=1S/C11H11BrF3NO.ClH/c12-8-3-7(10(16)6-1-2-6)4-9(5-8)17-11(13,14)15;/h3-6,10H,1-2,16H2;1H/t10-;/m0./s1. The molecule has 0 bridgehead atoms. The van der Waals surface area contributed by atoms with E-state index in [2.05, 4.69) is 20.7 Å². The Balaban J connectivity index is 0.00000162. The first kappa shape index (κ1) is 15.6. The maximum absolute atomic E-state index is 12.1. The van der Waals surface area contributed by atoms with Crippen molar-refractivity contribution in [2.24, 2.45) is 11.7 Å². The van der Waals surface area contributed by atoms with Crippen molar-refractivity contribution in [3.8, 4) is 5.75 Å². The van der Waals surface area contributed by atoms with Gasteiger partial charge in [0, 0.05) is 10.5 Å². The first-order chi connectivity index (χ1) is 7.85. The number of halogens is 5. The van der Waals surface area contributed by atoms with E-state index in [0.717, 1.165) is 12.8 Å². The van der Waals surface area contributed by atoms with Gasteiger partial charge in [-0.1, -0.05) is 15.9 Å². The zero-order valence-electron chi connectivity index (χ0n) is 9.21. The Morgan fingerprint density at radius 3 is 2.39 bits per heavy atom. The van der Waals surface area contributed by atoms with Crippen molar-refractivity contribution in [3.63, 3.8) is 0 Å². The molecule has 0 heterocycles. The van der Waals surface area contributed by atoms with E-state index in [-0.39, 0.29) is 24.2 Å². The third-order valence-corrected chi connectivity index (χ3v) is 3.10. The number of benzene rings is 1. The predicted molar refractivity (Wildman–Crippen MR) is 67.7 cm³/mol. The Morgan fingerprint density at radius 1 is 1.28 bits per heavy atom. The fourth-order valence-corrected chi connectivity index (χ4v) is 2.19. The van der Waals surface area contributed by atoms with E-state index in [0.29, 0.717) is 16.0 Å². The summed E-state index contributed by atoms with van der Waals surface area (Å²) in [6, 6.07) is 4.13. The number of ether oxygens (including phenoxy) is 1. The molecule has 2 N–H and O–H groups in total. The second-order valence-corrected chi connectivity index (χ2v) is 5.05. The molecule has 0 radical (unpaired) electrons. The quantitative estimate of drug-likeness (QED) is 0.891. The SMILES string of the molecule is Cl.N[C@H](c1cc(Br)cc(OC(F)(F)F)c1)C1CC1. The van der Waals surface area contributed by atoms with Crippen LogP contribution in [0.25, 0.3) is 0 Å². The van der Waals surface area contributed by atoms with Crippen molar-refractivity contribution in [1.29, 1.82) is 0 Å². The number of alkyl halides is 3. The van der Waals surface area contributed by atoms with Crippen LogP contribution in [-0.2, 0) is 0 Å². The van der Waals surface area contributed by atoms with Crippen LogP contribution in [0.5, 0.6) is 5.75 Å². The average Bonchev–Trinajstić information content (AvgIpc) is 2.95. The van der Waals surface area contributed by atoms with Crippen LogP contribution < -0.4 is 10.5 Å². The summed E-state index contributed by atoms with van der Waals surface area (Å²) in [6.07, 6.45) is -2.62. The van der Waals surface area contributed by atoms with E-state index < -0.39 is 6.36 Å². The van der Waals surface area contributed by atoms with Gasteiger partial charge in [-0.05, 0) is 42.5 Å². The minimum absolute atomic E-state index is 0. The summed E-state index contributed by atoms with van der Waals surface area (Å²) in [7, 11) is 0. The molecule has 1 atom stereocenters. The average molecular weight is 347 g/mol. The molecule has 18 heavy (non-hydrogen) atoms. The third-order valence-electron chi connectivity index (χ3n) is 2.64. The molecule has 102 valence electrons. The Morgan fingerprint density at radius 2 is 1.89 bits per heavy atom. The number of rotatable bonds is 3. The van der Waals surface area contributed by atoms with E-state index in [4.69, 9.17) is 5.73 Å². The summed E-state index contributed by atoms with van der Waals surface area (Å²) >= 11 is 3.16. The molecule has 0 amide bonds. The van der Waals surface area contributed by atoms with Gasteiger partial charge in [-0.3, -0.25) is 0 Å². The Labute approximate surface area is 117 Å². The van der Waals surface area contributed by atoms with E-state index in [1.54, 1.807) is 6.07 Å². The summed E-state index contributed by atoms with van der Waals surface area (Å²) in [6.45, 7) is 0. The van der Waals surface area contributed by atoms with Crippen LogP contribution in [0.1, 0.15) is 24.4 Å². The monoisotopic (exact) mass is 345 g/mol. The Bertz CT molecular complexity index is 423. The van der Waals surface area contributed by atoms with E-state index >= 15 is 0 Å². The van der Waals surface area contributed by atoms with Gasteiger partial charge in [0.1, 0.15) is 5.75 Å². The highest BCUT2D eigenvalue weighted by Gasteiger charge is 2.33. The lowest BCUT2D eigenvalue weighted by atomic mass is 10.0. The molecule has 0 aromatic heterocycles. The van der Waals surface area contributed by atoms with Gasteiger partial charge in [-0.15, -0.1) is 25.6 Å². The third kappa shape index (κ3) is 4.33. The lowest BCUT2D eigenvalue weighted by Gasteiger charge is -2.14. The molecule has 0 saturated heterocycles. The molecule has 0 spiro atoms.